The van der Waals surface area contributed by atoms with Gasteiger partial charge in [-0.05, 0) is 36.8 Å². The minimum absolute atomic E-state index is 0.218. The average Bonchev–Trinajstić information content (AvgIpc) is 2.75. The lowest BCUT2D eigenvalue weighted by molar-refractivity contribution is 0.172. The van der Waals surface area contributed by atoms with Crippen LogP contribution in [0.25, 0.3) is 0 Å². The van der Waals surface area contributed by atoms with E-state index in [9.17, 15) is 5.11 Å². The van der Waals surface area contributed by atoms with Crippen molar-refractivity contribution in [3.05, 3.63) is 54.1 Å². The van der Waals surface area contributed by atoms with Crippen LogP contribution in [-0.4, -0.2) is 51.6 Å². The second-order valence-corrected chi connectivity index (χ2v) is 6.36. The Hall–Kier alpha value is -2.77. The number of nitrogens with zero attached hydrogens (tertiary/aromatic N) is 1. The third-order valence-electron chi connectivity index (χ3n) is 4.10. The maximum absolute atomic E-state index is 10.5. The van der Waals surface area contributed by atoms with Gasteiger partial charge in [0, 0.05) is 38.4 Å². The number of benzene rings is 2. The van der Waals surface area contributed by atoms with E-state index in [2.05, 4.69) is 15.6 Å². The van der Waals surface area contributed by atoms with Crippen molar-refractivity contribution in [1.82, 2.24) is 5.32 Å². The lowest BCUT2D eigenvalue weighted by Crippen LogP contribution is -2.31. The molecule has 7 nitrogen and oxygen atoms in total. The molecule has 1 unspecified atom stereocenters. The molecule has 0 aromatic heterocycles. The molecule has 2 aromatic rings. The van der Waals surface area contributed by atoms with E-state index in [0.717, 1.165) is 23.4 Å². The van der Waals surface area contributed by atoms with Crippen LogP contribution < -0.4 is 20.1 Å². The van der Waals surface area contributed by atoms with E-state index in [1.165, 1.54) is 0 Å². The monoisotopic (exact) mass is 401 g/mol. The highest BCUT2D eigenvalue weighted by Gasteiger charge is 2.09. The molecule has 2 rings (SSSR count). The van der Waals surface area contributed by atoms with Crippen LogP contribution in [0.15, 0.2) is 53.5 Å². The Balaban J connectivity index is 1.99. The van der Waals surface area contributed by atoms with Crippen molar-refractivity contribution >= 4 is 11.6 Å². The highest BCUT2D eigenvalue weighted by molar-refractivity contribution is 5.93. The molecule has 0 aliphatic carbocycles. The third-order valence-corrected chi connectivity index (χ3v) is 4.10. The summed E-state index contributed by atoms with van der Waals surface area (Å²) in [5.41, 5.74) is 1.61. The highest BCUT2D eigenvalue weighted by Crippen LogP contribution is 2.20. The third kappa shape index (κ3) is 8.01. The molecule has 0 spiro atoms. The maximum atomic E-state index is 10.5. The summed E-state index contributed by atoms with van der Waals surface area (Å²) in [6.45, 7) is 4.18. The number of guanidine groups is 1. The number of rotatable bonds is 11. The second kappa shape index (κ2) is 12.6. The number of aliphatic hydroxyl groups excluding tert-OH is 1. The summed E-state index contributed by atoms with van der Waals surface area (Å²) in [6.07, 6.45) is 0.108. The van der Waals surface area contributed by atoms with Gasteiger partial charge in [-0.2, -0.15) is 0 Å². The zero-order valence-electron chi connectivity index (χ0n) is 17.4. The molecule has 0 bridgehead atoms. The Bertz CT molecular complexity index is 767. The first kappa shape index (κ1) is 22.5. The van der Waals surface area contributed by atoms with Crippen LogP contribution in [0.5, 0.6) is 11.5 Å². The number of hydrogen-bond acceptors (Lipinski definition) is 5. The van der Waals surface area contributed by atoms with Crippen LogP contribution in [0.4, 0.5) is 5.69 Å². The van der Waals surface area contributed by atoms with Gasteiger partial charge in [0.2, 0.25) is 0 Å². The van der Waals surface area contributed by atoms with Crippen LogP contribution in [0.1, 0.15) is 25.0 Å². The smallest absolute Gasteiger partial charge is 0.195 e. The molecular formula is C22H31N3O4. The van der Waals surface area contributed by atoms with Gasteiger partial charge in [-0.3, -0.25) is 0 Å². The standard InChI is InChI=1S/C22H31N3O4/c1-4-23-22(24-16-21(26)17-8-5-10-19(14-17)28-3)25-18-9-6-11-20(15-18)29-13-7-12-27-2/h5-6,8-11,14-15,21,26H,4,7,12-13,16H2,1-3H3,(H2,23,24,25). The molecule has 7 heteroatoms. The lowest BCUT2D eigenvalue weighted by atomic mass is 10.1. The Morgan fingerprint density at radius 1 is 1.07 bits per heavy atom. The molecule has 0 saturated carbocycles. The predicted molar refractivity (Wildman–Crippen MR) is 116 cm³/mol. The highest BCUT2D eigenvalue weighted by atomic mass is 16.5. The molecule has 0 fully saturated rings. The second-order valence-electron chi connectivity index (χ2n) is 6.36. The van der Waals surface area contributed by atoms with Gasteiger partial charge in [-0.25, -0.2) is 4.99 Å². The number of aliphatic hydroxyl groups is 1. The summed E-state index contributed by atoms with van der Waals surface area (Å²) >= 11 is 0. The number of nitrogens with one attached hydrogen (secondary N) is 2. The minimum atomic E-state index is -0.726. The minimum Gasteiger partial charge on any atom is -0.497 e. The fourth-order valence-corrected chi connectivity index (χ4v) is 2.63. The maximum Gasteiger partial charge on any atom is 0.195 e. The van der Waals surface area contributed by atoms with Gasteiger partial charge in [-0.15, -0.1) is 0 Å². The molecule has 158 valence electrons. The van der Waals surface area contributed by atoms with E-state index >= 15 is 0 Å². The molecule has 0 aliphatic heterocycles. The van der Waals surface area contributed by atoms with Crippen molar-refractivity contribution in [2.24, 2.45) is 4.99 Å². The van der Waals surface area contributed by atoms with Crippen LogP contribution in [0.2, 0.25) is 0 Å². The zero-order chi connectivity index (χ0) is 20.9. The quantitative estimate of drug-likeness (QED) is 0.305. The van der Waals surface area contributed by atoms with Gasteiger partial charge in [0.25, 0.3) is 0 Å². The molecular weight excluding hydrogens is 370 g/mol. The Kier molecular flexibility index (Phi) is 9.82. The first-order chi connectivity index (χ1) is 14.2. The van der Waals surface area contributed by atoms with Gasteiger partial charge in [-0.1, -0.05) is 18.2 Å². The number of ether oxygens (including phenoxy) is 3. The Morgan fingerprint density at radius 3 is 2.62 bits per heavy atom. The van der Waals surface area contributed by atoms with Crippen molar-refractivity contribution in [2.45, 2.75) is 19.4 Å². The van der Waals surface area contributed by atoms with Gasteiger partial charge >= 0.3 is 0 Å². The van der Waals surface area contributed by atoms with Crippen LogP contribution in [0.3, 0.4) is 0 Å². The number of hydrogen-bond donors (Lipinski definition) is 3. The van der Waals surface area contributed by atoms with Crippen molar-refractivity contribution < 1.29 is 19.3 Å². The topological polar surface area (TPSA) is 84.3 Å². The van der Waals surface area contributed by atoms with E-state index < -0.39 is 6.10 Å². The van der Waals surface area contributed by atoms with Gasteiger partial charge in [0.05, 0.1) is 26.4 Å². The Morgan fingerprint density at radius 2 is 1.86 bits per heavy atom. The Labute approximate surface area is 172 Å². The number of anilines is 1. The average molecular weight is 402 g/mol. The summed E-state index contributed by atoms with van der Waals surface area (Å²) < 4.78 is 16.0. The summed E-state index contributed by atoms with van der Waals surface area (Å²) in [6, 6.07) is 15.0. The molecule has 0 amide bonds. The molecule has 2 aromatic carbocycles. The SMILES string of the molecule is CCNC(=NCC(O)c1cccc(OC)c1)Nc1cccc(OCCCOC)c1. The summed E-state index contributed by atoms with van der Waals surface area (Å²) in [7, 11) is 3.28. The van der Waals surface area contributed by atoms with E-state index in [1.807, 2.05) is 55.5 Å². The summed E-state index contributed by atoms with van der Waals surface area (Å²) in [5.74, 6) is 2.07. The molecule has 29 heavy (non-hydrogen) atoms. The summed E-state index contributed by atoms with van der Waals surface area (Å²) in [4.78, 5) is 4.50. The molecule has 3 N–H and O–H groups in total. The molecule has 0 radical (unpaired) electrons. The van der Waals surface area contributed by atoms with Crippen molar-refractivity contribution in [3.63, 3.8) is 0 Å². The van der Waals surface area contributed by atoms with Crippen molar-refractivity contribution in [3.8, 4) is 11.5 Å². The van der Waals surface area contributed by atoms with Gasteiger partial charge in [0.15, 0.2) is 5.96 Å². The normalized spacial score (nSPS) is 12.3. The van der Waals surface area contributed by atoms with Gasteiger partial charge < -0.3 is 30.0 Å². The summed E-state index contributed by atoms with van der Waals surface area (Å²) in [5, 5.41) is 16.9. The molecule has 0 aliphatic rings. The van der Waals surface area contributed by atoms with E-state index in [1.54, 1.807) is 14.2 Å². The van der Waals surface area contributed by atoms with Gasteiger partial charge in [0.1, 0.15) is 11.5 Å². The van der Waals surface area contributed by atoms with Crippen molar-refractivity contribution in [1.29, 1.82) is 0 Å². The van der Waals surface area contributed by atoms with Crippen LogP contribution in [-0.2, 0) is 4.74 Å². The molecule has 0 saturated heterocycles. The number of aliphatic imine (C=N–C) groups is 1. The fourth-order valence-electron chi connectivity index (χ4n) is 2.63. The number of methoxy groups -OCH3 is 2. The first-order valence-electron chi connectivity index (χ1n) is 9.75. The van der Waals surface area contributed by atoms with Crippen LogP contribution >= 0.6 is 0 Å². The first-order valence-corrected chi connectivity index (χ1v) is 9.75. The van der Waals surface area contributed by atoms with E-state index in [0.29, 0.717) is 31.5 Å². The molecule has 0 heterocycles. The largest absolute Gasteiger partial charge is 0.497 e. The fraction of sp³-hybridized carbons (Fsp3) is 0.409. The van der Waals surface area contributed by atoms with E-state index in [4.69, 9.17) is 14.2 Å². The molecule has 1 atom stereocenters. The lowest BCUT2D eigenvalue weighted by Gasteiger charge is -2.14. The van der Waals surface area contributed by atoms with Crippen molar-refractivity contribution in [2.75, 3.05) is 45.8 Å². The van der Waals surface area contributed by atoms with E-state index in [-0.39, 0.29) is 6.54 Å². The van der Waals surface area contributed by atoms with Crippen LogP contribution in [0, 0.1) is 0 Å². The predicted octanol–water partition coefficient (Wildman–Crippen LogP) is 3.22. The zero-order valence-corrected chi connectivity index (χ0v) is 17.4.